The fourth-order valence-electron chi connectivity index (χ4n) is 2.93. The van der Waals surface area contributed by atoms with E-state index in [1.807, 2.05) is 0 Å². The van der Waals surface area contributed by atoms with Crippen LogP contribution in [0.5, 0.6) is 0 Å². The third-order valence-electron chi connectivity index (χ3n) is 4.43. The first-order valence-corrected chi connectivity index (χ1v) is 8.54. The second-order valence-corrected chi connectivity index (χ2v) is 6.40. The van der Waals surface area contributed by atoms with Gasteiger partial charge in [0.15, 0.2) is 0 Å². The highest BCUT2D eigenvalue weighted by Gasteiger charge is 2.26. The molecule has 2 rings (SSSR count). The second-order valence-electron chi connectivity index (χ2n) is 6.40. The van der Waals surface area contributed by atoms with Crippen molar-refractivity contribution in [1.82, 2.24) is 15.1 Å². The molecule has 0 unspecified atom stereocenters. The van der Waals surface area contributed by atoms with Crippen molar-refractivity contribution in [1.29, 1.82) is 0 Å². The highest BCUT2D eigenvalue weighted by Crippen LogP contribution is 2.29. The van der Waals surface area contributed by atoms with Crippen LogP contribution in [0, 0.1) is 5.92 Å². The highest BCUT2D eigenvalue weighted by molar-refractivity contribution is 4.80. The summed E-state index contributed by atoms with van der Waals surface area (Å²) in [5.74, 6) is 1.06. The monoisotopic (exact) mass is 267 g/mol. The second kappa shape index (κ2) is 8.93. The molecular weight excluding hydrogens is 234 g/mol. The summed E-state index contributed by atoms with van der Waals surface area (Å²) >= 11 is 0. The van der Waals surface area contributed by atoms with Gasteiger partial charge in [-0.2, -0.15) is 0 Å². The molecule has 1 aliphatic heterocycles. The zero-order valence-electron chi connectivity index (χ0n) is 12.9. The first-order valence-electron chi connectivity index (χ1n) is 8.54. The maximum Gasteiger partial charge on any atom is 0.0110 e. The summed E-state index contributed by atoms with van der Waals surface area (Å²) < 4.78 is 0. The molecule has 1 N–H and O–H groups in total. The molecule has 2 fully saturated rings. The van der Waals surface area contributed by atoms with Crippen LogP contribution >= 0.6 is 0 Å². The first-order chi connectivity index (χ1) is 9.38. The maximum atomic E-state index is 3.48. The Morgan fingerprint density at radius 3 is 2.32 bits per heavy atom. The van der Waals surface area contributed by atoms with Crippen LogP contribution in [-0.4, -0.2) is 62.2 Å². The SMILES string of the molecule is CCCNCCCCCN1CCN(CC2CC2)CC1. The molecule has 1 saturated carbocycles. The molecule has 2 aliphatic rings. The molecule has 0 spiro atoms. The number of nitrogens with zero attached hydrogens (tertiary/aromatic N) is 2. The Hall–Kier alpha value is -0.120. The van der Waals surface area contributed by atoms with Gasteiger partial charge in [0.2, 0.25) is 0 Å². The van der Waals surface area contributed by atoms with E-state index >= 15 is 0 Å². The van der Waals surface area contributed by atoms with Crippen molar-refractivity contribution in [3.8, 4) is 0 Å². The Kier molecular flexibility index (Phi) is 7.18. The molecule has 0 radical (unpaired) electrons. The molecule has 1 aliphatic carbocycles. The number of piperazine rings is 1. The van der Waals surface area contributed by atoms with Crippen LogP contribution in [0.2, 0.25) is 0 Å². The van der Waals surface area contributed by atoms with E-state index in [1.54, 1.807) is 0 Å². The van der Waals surface area contributed by atoms with E-state index in [4.69, 9.17) is 0 Å². The van der Waals surface area contributed by atoms with Crippen LogP contribution in [-0.2, 0) is 0 Å². The van der Waals surface area contributed by atoms with Gasteiger partial charge < -0.3 is 15.1 Å². The molecule has 0 bridgehead atoms. The molecule has 0 atom stereocenters. The molecule has 0 aromatic carbocycles. The van der Waals surface area contributed by atoms with Gasteiger partial charge in [-0.25, -0.2) is 0 Å². The van der Waals surface area contributed by atoms with Crippen molar-refractivity contribution in [2.75, 3.05) is 52.4 Å². The molecule has 0 aromatic heterocycles. The zero-order valence-corrected chi connectivity index (χ0v) is 12.9. The summed E-state index contributed by atoms with van der Waals surface area (Å²) in [6.07, 6.45) is 8.36. The lowest BCUT2D eigenvalue weighted by atomic mass is 10.2. The van der Waals surface area contributed by atoms with Gasteiger partial charge in [-0.05, 0) is 57.7 Å². The normalized spacial score (nSPS) is 21.9. The summed E-state index contributed by atoms with van der Waals surface area (Å²) in [5.41, 5.74) is 0. The smallest absolute Gasteiger partial charge is 0.0110 e. The molecule has 112 valence electrons. The molecular formula is C16H33N3. The molecule has 3 heteroatoms. The van der Waals surface area contributed by atoms with Gasteiger partial charge in [0.25, 0.3) is 0 Å². The molecule has 1 heterocycles. The standard InChI is InChI=1S/C16H33N3/c1-2-8-17-9-4-3-5-10-18-11-13-19(14-12-18)15-16-6-7-16/h16-17H,2-15H2,1H3. The summed E-state index contributed by atoms with van der Waals surface area (Å²) in [5, 5.41) is 3.48. The lowest BCUT2D eigenvalue weighted by Gasteiger charge is -2.34. The van der Waals surface area contributed by atoms with Crippen molar-refractivity contribution in [2.45, 2.75) is 45.4 Å². The van der Waals surface area contributed by atoms with E-state index in [1.165, 1.54) is 90.9 Å². The largest absolute Gasteiger partial charge is 0.317 e. The number of nitrogens with one attached hydrogen (secondary N) is 1. The Labute approximate surface area is 119 Å². The number of hydrogen-bond donors (Lipinski definition) is 1. The van der Waals surface area contributed by atoms with Crippen LogP contribution in [0.1, 0.15) is 45.4 Å². The van der Waals surface area contributed by atoms with Crippen LogP contribution in [0.4, 0.5) is 0 Å². The minimum Gasteiger partial charge on any atom is -0.317 e. The molecule has 0 amide bonds. The third-order valence-corrected chi connectivity index (χ3v) is 4.43. The minimum atomic E-state index is 1.06. The van der Waals surface area contributed by atoms with E-state index in [9.17, 15) is 0 Å². The first kappa shape index (κ1) is 15.3. The summed E-state index contributed by atoms with van der Waals surface area (Å²) in [4.78, 5) is 5.35. The number of hydrogen-bond acceptors (Lipinski definition) is 3. The quantitative estimate of drug-likeness (QED) is 0.612. The Balaban J connectivity index is 1.40. The van der Waals surface area contributed by atoms with Gasteiger partial charge in [0, 0.05) is 32.7 Å². The van der Waals surface area contributed by atoms with E-state index < -0.39 is 0 Å². The van der Waals surface area contributed by atoms with Gasteiger partial charge in [-0.3, -0.25) is 0 Å². The van der Waals surface area contributed by atoms with Crippen LogP contribution in [0.15, 0.2) is 0 Å². The van der Waals surface area contributed by atoms with Crippen molar-refractivity contribution < 1.29 is 0 Å². The van der Waals surface area contributed by atoms with Gasteiger partial charge in [-0.15, -0.1) is 0 Å². The van der Waals surface area contributed by atoms with Gasteiger partial charge in [0.05, 0.1) is 0 Å². The van der Waals surface area contributed by atoms with Crippen molar-refractivity contribution in [2.24, 2.45) is 5.92 Å². The Morgan fingerprint density at radius 2 is 1.63 bits per heavy atom. The van der Waals surface area contributed by atoms with Gasteiger partial charge >= 0.3 is 0 Å². The van der Waals surface area contributed by atoms with Gasteiger partial charge in [0.1, 0.15) is 0 Å². The Bertz CT molecular complexity index is 220. The minimum absolute atomic E-state index is 1.06. The van der Waals surface area contributed by atoms with Crippen molar-refractivity contribution >= 4 is 0 Å². The fraction of sp³-hybridized carbons (Fsp3) is 1.00. The van der Waals surface area contributed by atoms with E-state index in [-0.39, 0.29) is 0 Å². The van der Waals surface area contributed by atoms with Crippen LogP contribution in [0.25, 0.3) is 0 Å². The molecule has 1 saturated heterocycles. The average Bonchev–Trinajstić information content (AvgIpc) is 3.24. The third kappa shape index (κ3) is 6.73. The summed E-state index contributed by atoms with van der Waals surface area (Å²) in [7, 11) is 0. The molecule has 0 aromatic rings. The number of rotatable bonds is 10. The van der Waals surface area contributed by atoms with E-state index in [2.05, 4.69) is 22.0 Å². The fourth-order valence-corrected chi connectivity index (χ4v) is 2.93. The predicted molar refractivity (Wildman–Crippen MR) is 82.6 cm³/mol. The van der Waals surface area contributed by atoms with Gasteiger partial charge in [-0.1, -0.05) is 13.3 Å². The lowest BCUT2D eigenvalue weighted by molar-refractivity contribution is 0.127. The van der Waals surface area contributed by atoms with Crippen molar-refractivity contribution in [3.63, 3.8) is 0 Å². The van der Waals surface area contributed by atoms with E-state index in [0.717, 1.165) is 5.92 Å². The average molecular weight is 267 g/mol. The molecule has 3 nitrogen and oxygen atoms in total. The molecule has 19 heavy (non-hydrogen) atoms. The predicted octanol–water partition coefficient (Wildman–Crippen LogP) is 2.18. The summed E-state index contributed by atoms with van der Waals surface area (Å²) in [6, 6.07) is 0. The zero-order chi connectivity index (χ0) is 13.3. The van der Waals surface area contributed by atoms with E-state index in [0.29, 0.717) is 0 Å². The van der Waals surface area contributed by atoms with Crippen LogP contribution in [0.3, 0.4) is 0 Å². The summed E-state index contributed by atoms with van der Waals surface area (Å²) in [6.45, 7) is 12.6. The lowest BCUT2D eigenvalue weighted by Crippen LogP contribution is -2.47. The topological polar surface area (TPSA) is 18.5 Å². The Morgan fingerprint density at radius 1 is 0.895 bits per heavy atom. The number of unbranched alkanes of at least 4 members (excludes halogenated alkanes) is 2. The van der Waals surface area contributed by atoms with Crippen LogP contribution < -0.4 is 5.32 Å². The highest BCUT2D eigenvalue weighted by atomic mass is 15.3. The maximum absolute atomic E-state index is 3.48. The van der Waals surface area contributed by atoms with Crippen molar-refractivity contribution in [3.05, 3.63) is 0 Å².